The molecular weight excluding hydrogens is 596 g/mol. The molecule has 5 rings (SSSR count). The number of nitrogens with one attached hydrogen (secondary N) is 2. The van der Waals surface area contributed by atoms with Crippen molar-refractivity contribution in [3.05, 3.63) is 179 Å². The third-order valence-electron chi connectivity index (χ3n) is 7.71. The van der Waals surface area contributed by atoms with Crippen LogP contribution in [0.25, 0.3) is 0 Å². The van der Waals surface area contributed by atoms with Crippen LogP contribution in [0.4, 0.5) is 0 Å². The van der Waals surface area contributed by atoms with Gasteiger partial charge in [0.15, 0.2) is 23.1 Å². The van der Waals surface area contributed by atoms with Crippen LogP contribution in [0.3, 0.4) is 0 Å². The monoisotopic (exact) mass is 638 g/mol. The van der Waals surface area contributed by atoms with Crippen LogP contribution in [0, 0.1) is 0 Å². The van der Waals surface area contributed by atoms with Gasteiger partial charge in [-0.2, -0.15) is 0 Å². The lowest BCUT2D eigenvalue weighted by Crippen LogP contribution is -2.33. The molecule has 0 atom stereocenters. The second-order valence-electron chi connectivity index (χ2n) is 11.3. The van der Waals surface area contributed by atoms with Gasteiger partial charge in [-0.25, -0.2) is 0 Å². The Labute approximate surface area is 283 Å². The summed E-state index contributed by atoms with van der Waals surface area (Å²) in [6.07, 6.45) is 2.43. The fourth-order valence-corrected chi connectivity index (χ4v) is 5.03. The molecule has 0 unspecified atom stereocenters. The van der Waals surface area contributed by atoms with E-state index in [4.69, 9.17) is 0 Å². The third-order valence-corrected chi connectivity index (χ3v) is 7.71. The lowest BCUT2D eigenvalue weighted by atomic mass is 9.98. The highest BCUT2D eigenvalue weighted by Crippen LogP contribution is 2.14. The second kappa shape index (κ2) is 20.0. The average Bonchev–Trinajstić information content (AvgIpc) is 3.16. The van der Waals surface area contributed by atoms with Crippen LogP contribution in [-0.4, -0.2) is 49.3 Å². The molecule has 0 saturated heterocycles. The van der Waals surface area contributed by atoms with E-state index in [1.54, 1.807) is 24.3 Å². The molecule has 0 radical (unpaired) electrons. The quantitative estimate of drug-likeness (QED) is 0.0824. The largest absolute Gasteiger partial charge is 0.308 e. The van der Waals surface area contributed by atoms with Gasteiger partial charge in [-0.3, -0.25) is 19.2 Å². The first-order valence-electron chi connectivity index (χ1n) is 16.3. The molecule has 5 aromatic rings. The summed E-state index contributed by atoms with van der Waals surface area (Å²) in [4.78, 5) is 48.1. The zero-order valence-electron chi connectivity index (χ0n) is 27.1. The Morgan fingerprint density at radius 3 is 1.02 bits per heavy atom. The predicted molar refractivity (Wildman–Crippen MR) is 192 cm³/mol. The van der Waals surface area contributed by atoms with Crippen LogP contribution in [-0.2, 0) is 12.8 Å². The van der Waals surface area contributed by atoms with Gasteiger partial charge in [0.05, 0.1) is 13.1 Å². The number of carbonyl (C=O) groups is 4. The molecule has 0 aliphatic carbocycles. The zero-order chi connectivity index (χ0) is 33.8. The third kappa shape index (κ3) is 12.5. The van der Waals surface area contributed by atoms with Crippen LogP contribution < -0.4 is 10.6 Å². The molecule has 244 valence electrons. The zero-order valence-corrected chi connectivity index (χ0v) is 27.1. The minimum atomic E-state index is 0.0703. The van der Waals surface area contributed by atoms with Crippen LogP contribution in [0.2, 0.25) is 0 Å². The predicted octanol–water partition coefficient (Wildman–Crippen LogP) is 7.25. The molecule has 0 heterocycles. The van der Waals surface area contributed by atoms with Gasteiger partial charge >= 0.3 is 0 Å². The first-order chi connectivity index (χ1) is 23.5. The van der Waals surface area contributed by atoms with Crippen LogP contribution in [0.1, 0.15) is 65.4 Å². The van der Waals surface area contributed by atoms with E-state index in [1.165, 1.54) is 0 Å². The van der Waals surface area contributed by atoms with Crippen molar-refractivity contribution < 1.29 is 19.2 Å². The van der Waals surface area contributed by atoms with Gasteiger partial charge in [-0.15, -0.1) is 0 Å². The van der Waals surface area contributed by atoms with Gasteiger partial charge in [0, 0.05) is 48.2 Å². The summed E-state index contributed by atoms with van der Waals surface area (Å²) < 4.78 is 0. The lowest BCUT2D eigenvalue weighted by molar-refractivity contribution is 0.0975. The number of ketones is 4. The lowest BCUT2D eigenvalue weighted by Gasteiger charge is -2.06. The molecule has 0 saturated carbocycles. The first-order valence-corrected chi connectivity index (χ1v) is 16.3. The van der Waals surface area contributed by atoms with E-state index < -0.39 is 0 Å². The molecular formula is C42H42N2O4. The van der Waals surface area contributed by atoms with Crippen molar-refractivity contribution in [1.29, 1.82) is 0 Å². The number of carbonyl (C=O) groups excluding carboxylic acids is 4. The summed E-state index contributed by atoms with van der Waals surface area (Å²) in [5.41, 5.74) is 5.22. The van der Waals surface area contributed by atoms with Gasteiger partial charge in [0.25, 0.3) is 0 Å². The van der Waals surface area contributed by atoms with E-state index in [0.29, 0.717) is 63.0 Å². The van der Waals surface area contributed by atoms with Crippen molar-refractivity contribution in [3.8, 4) is 0 Å². The Morgan fingerprint density at radius 1 is 0.375 bits per heavy atom. The molecule has 48 heavy (non-hydrogen) atoms. The van der Waals surface area contributed by atoms with Crippen molar-refractivity contribution >= 4 is 23.1 Å². The Kier molecular flexibility index (Phi) is 14.8. The standard InChI is InChI=1S/C24H22O2.C18H20N2O2/c25-23(21-10-3-1-4-11-21)16-14-19-8-7-9-20(18-19)15-17-24(26)22-12-5-2-6-13-22;21-17(15-7-3-1-4-8-15)13-19-11-12-20-14-18(22)16-9-5-2-6-10-16/h1-13,18H,14-17H2;1-10,19-20H,11-14H2. The molecule has 2 N–H and O–H groups in total. The van der Waals surface area contributed by atoms with Crippen LogP contribution >= 0.6 is 0 Å². The maximum Gasteiger partial charge on any atom is 0.176 e. The molecule has 0 spiro atoms. The van der Waals surface area contributed by atoms with Crippen molar-refractivity contribution in [2.75, 3.05) is 26.2 Å². The van der Waals surface area contributed by atoms with Crippen molar-refractivity contribution in [3.63, 3.8) is 0 Å². The van der Waals surface area contributed by atoms with Gasteiger partial charge < -0.3 is 10.6 Å². The minimum absolute atomic E-state index is 0.0703. The number of hydrogen-bond acceptors (Lipinski definition) is 6. The fourth-order valence-electron chi connectivity index (χ4n) is 5.03. The van der Waals surface area contributed by atoms with Crippen molar-refractivity contribution in [2.24, 2.45) is 0 Å². The van der Waals surface area contributed by atoms with E-state index in [9.17, 15) is 19.2 Å². The highest BCUT2D eigenvalue weighted by Gasteiger charge is 2.09. The van der Waals surface area contributed by atoms with Crippen molar-refractivity contribution in [2.45, 2.75) is 25.7 Å². The summed E-state index contributed by atoms with van der Waals surface area (Å²) in [6, 6.07) is 45.4. The minimum Gasteiger partial charge on any atom is -0.308 e. The molecule has 6 nitrogen and oxygen atoms in total. The first kappa shape index (κ1) is 35.6. The van der Waals surface area contributed by atoms with E-state index in [2.05, 4.69) is 16.7 Å². The Hall–Kier alpha value is -5.30. The van der Waals surface area contributed by atoms with E-state index in [0.717, 1.165) is 22.3 Å². The van der Waals surface area contributed by atoms with Crippen LogP contribution in [0.15, 0.2) is 146 Å². The second-order valence-corrected chi connectivity index (χ2v) is 11.3. The smallest absolute Gasteiger partial charge is 0.176 e. The van der Waals surface area contributed by atoms with Gasteiger partial charge in [0.2, 0.25) is 0 Å². The molecule has 0 aliphatic rings. The Bertz CT molecular complexity index is 1600. The number of aryl methyl sites for hydroxylation is 2. The van der Waals surface area contributed by atoms with Crippen LogP contribution in [0.5, 0.6) is 0 Å². The fraction of sp³-hybridized carbons (Fsp3) is 0.190. The molecule has 6 heteroatoms. The van der Waals surface area contributed by atoms with E-state index in [1.807, 2.05) is 115 Å². The van der Waals surface area contributed by atoms with Crippen molar-refractivity contribution in [1.82, 2.24) is 10.6 Å². The Balaban J connectivity index is 0.000000220. The number of benzene rings is 5. The van der Waals surface area contributed by atoms with Gasteiger partial charge in [0.1, 0.15) is 0 Å². The average molecular weight is 639 g/mol. The summed E-state index contributed by atoms with van der Waals surface area (Å²) in [6.45, 7) is 1.89. The normalized spacial score (nSPS) is 10.4. The van der Waals surface area contributed by atoms with Gasteiger partial charge in [-0.1, -0.05) is 146 Å². The Morgan fingerprint density at radius 2 is 0.688 bits per heavy atom. The van der Waals surface area contributed by atoms with E-state index in [-0.39, 0.29) is 23.1 Å². The SMILES string of the molecule is O=C(CCc1cccc(CCC(=O)c2ccccc2)c1)c1ccccc1.O=C(CNCCNCC(=O)c1ccccc1)c1ccccc1. The number of hydrogen-bond donors (Lipinski definition) is 2. The maximum absolute atomic E-state index is 12.2. The van der Waals surface area contributed by atoms with Gasteiger partial charge in [-0.05, 0) is 24.0 Å². The molecule has 0 fully saturated rings. The molecule has 5 aromatic carbocycles. The highest BCUT2D eigenvalue weighted by atomic mass is 16.1. The highest BCUT2D eigenvalue weighted by molar-refractivity contribution is 5.98. The summed E-state index contributed by atoms with van der Waals surface area (Å²) in [7, 11) is 0. The topological polar surface area (TPSA) is 92.3 Å². The summed E-state index contributed by atoms with van der Waals surface area (Å²) >= 11 is 0. The number of Topliss-reactive ketones (excluding diaryl/α,β-unsaturated/α-hetero) is 4. The number of rotatable bonds is 17. The summed E-state index contributed by atoms with van der Waals surface area (Å²) in [5.74, 6) is 0.465. The summed E-state index contributed by atoms with van der Waals surface area (Å²) in [5, 5.41) is 6.15. The van der Waals surface area contributed by atoms with E-state index >= 15 is 0 Å². The molecule has 0 aliphatic heterocycles. The maximum atomic E-state index is 12.2. The molecule has 0 aromatic heterocycles. The molecule has 0 amide bonds. The molecule has 0 bridgehead atoms.